The molecule has 2 atom stereocenters. The third-order valence-electron chi connectivity index (χ3n) is 4.48. The summed E-state index contributed by atoms with van der Waals surface area (Å²) in [6.45, 7) is 0.0716. The van der Waals surface area contributed by atoms with Crippen LogP contribution in [0.2, 0.25) is 0 Å². The number of hydrogen-bond donors (Lipinski definition) is 8. The monoisotopic (exact) mass is 406 g/mol. The quantitative estimate of drug-likeness (QED) is 0.165. The number of benzene rings is 2. The fourth-order valence-electron chi connectivity index (χ4n) is 2.84. The van der Waals surface area contributed by atoms with Crippen molar-refractivity contribution >= 4 is 5.91 Å². The summed E-state index contributed by atoms with van der Waals surface area (Å²) < 4.78 is 0. The van der Waals surface area contributed by atoms with E-state index in [0.717, 1.165) is 0 Å². The number of amides is 1. The SMILES string of the molecule is O=C(NCCCCC(CO)NC(O)c1cccc(O)c1O)c1cccc(O)c1O. The highest BCUT2D eigenvalue weighted by Crippen LogP contribution is 2.32. The number of carbonyl (C=O) groups excluding carboxylic acids is 1. The van der Waals surface area contributed by atoms with Crippen molar-refractivity contribution in [3.05, 3.63) is 47.5 Å². The molecule has 0 fully saturated rings. The first-order valence-electron chi connectivity index (χ1n) is 9.20. The van der Waals surface area contributed by atoms with E-state index in [2.05, 4.69) is 10.6 Å². The minimum atomic E-state index is -1.27. The van der Waals surface area contributed by atoms with Gasteiger partial charge in [0.05, 0.1) is 12.2 Å². The van der Waals surface area contributed by atoms with Crippen LogP contribution < -0.4 is 10.6 Å². The molecule has 9 heteroatoms. The van der Waals surface area contributed by atoms with Crippen LogP contribution in [0.4, 0.5) is 0 Å². The Morgan fingerprint density at radius 2 is 1.59 bits per heavy atom. The molecule has 2 aromatic rings. The molecule has 0 saturated heterocycles. The van der Waals surface area contributed by atoms with E-state index in [9.17, 15) is 35.4 Å². The fraction of sp³-hybridized carbons (Fsp3) is 0.350. The number of aromatic hydroxyl groups is 4. The predicted molar refractivity (Wildman–Crippen MR) is 105 cm³/mol. The number of unbranched alkanes of at least 4 members (excludes halogenated alkanes) is 1. The van der Waals surface area contributed by atoms with Crippen LogP contribution in [0.3, 0.4) is 0 Å². The number of hydrogen-bond acceptors (Lipinski definition) is 8. The number of nitrogens with one attached hydrogen (secondary N) is 2. The summed E-state index contributed by atoms with van der Waals surface area (Å²) in [7, 11) is 0. The lowest BCUT2D eigenvalue weighted by Crippen LogP contribution is -2.36. The first-order valence-corrected chi connectivity index (χ1v) is 9.20. The molecule has 0 saturated carbocycles. The highest BCUT2D eigenvalue weighted by Gasteiger charge is 2.18. The van der Waals surface area contributed by atoms with E-state index in [4.69, 9.17) is 0 Å². The van der Waals surface area contributed by atoms with Crippen molar-refractivity contribution in [1.82, 2.24) is 10.6 Å². The molecule has 0 aliphatic carbocycles. The Balaban J connectivity index is 1.76. The van der Waals surface area contributed by atoms with Gasteiger partial charge in [0.25, 0.3) is 5.91 Å². The number of phenolic OH excluding ortho intramolecular Hbond substituents is 4. The van der Waals surface area contributed by atoms with Crippen molar-refractivity contribution in [2.24, 2.45) is 0 Å². The van der Waals surface area contributed by atoms with E-state index in [1.54, 1.807) is 0 Å². The summed E-state index contributed by atoms with van der Waals surface area (Å²) in [5.41, 5.74) is 0.0792. The van der Waals surface area contributed by atoms with Gasteiger partial charge in [0, 0.05) is 18.2 Å². The molecular formula is C20H26N2O7. The van der Waals surface area contributed by atoms with E-state index < -0.39 is 29.7 Å². The average molecular weight is 406 g/mol. The lowest BCUT2D eigenvalue weighted by atomic mass is 10.1. The number of carbonyl (C=O) groups is 1. The molecule has 0 radical (unpaired) electrons. The molecule has 9 nitrogen and oxygen atoms in total. The predicted octanol–water partition coefficient (Wildman–Crippen LogP) is 1.05. The van der Waals surface area contributed by atoms with Gasteiger partial charge in [0.2, 0.25) is 0 Å². The van der Waals surface area contributed by atoms with Crippen LogP contribution in [0.25, 0.3) is 0 Å². The van der Waals surface area contributed by atoms with Gasteiger partial charge in [0.15, 0.2) is 23.0 Å². The molecule has 0 aromatic heterocycles. The van der Waals surface area contributed by atoms with E-state index >= 15 is 0 Å². The molecule has 0 bridgehead atoms. The highest BCUT2D eigenvalue weighted by molar-refractivity contribution is 5.97. The van der Waals surface area contributed by atoms with Crippen molar-refractivity contribution < 1.29 is 35.4 Å². The molecule has 0 aliphatic heterocycles. The van der Waals surface area contributed by atoms with Crippen molar-refractivity contribution in [2.45, 2.75) is 31.5 Å². The largest absolute Gasteiger partial charge is 0.504 e. The normalized spacial score (nSPS) is 13.0. The van der Waals surface area contributed by atoms with Crippen LogP contribution >= 0.6 is 0 Å². The number of aliphatic hydroxyl groups excluding tert-OH is 2. The van der Waals surface area contributed by atoms with Crippen LogP contribution in [-0.4, -0.2) is 55.7 Å². The second-order valence-electron chi connectivity index (χ2n) is 6.59. The molecule has 2 rings (SSSR count). The number of phenols is 4. The Labute approximate surface area is 167 Å². The maximum absolute atomic E-state index is 12.0. The Morgan fingerprint density at radius 1 is 0.931 bits per heavy atom. The van der Waals surface area contributed by atoms with Crippen molar-refractivity contribution in [3.63, 3.8) is 0 Å². The molecule has 158 valence electrons. The maximum Gasteiger partial charge on any atom is 0.255 e. The smallest absolute Gasteiger partial charge is 0.255 e. The molecular weight excluding hydrogens is 380 g/mol. The van der Waals surface area contributed by atoms with Crippen LogP contribution in [0.1, 0.15) is 41.4 Å². The Hall–Kier alpha value is -3.01. The summed E-state index contributed by atoms with van der Waals surface area (Å²) >= 11 is 0. The molecule has 29 heavy (non-hydrogen) atoms. The summed E-state index contributed by atoms with van der Waals surface area (Å²) in [4.78, 5) is 12.0. The van der Waals surface area contributed by atoms with Crippen LogP contribution in [0, 0.1) is 0 Å². The third kappa shape index (κ3) is 5.98. The van der Waals surface area contributed by atoms with Gasteiger partial charge < -0.3 is 36.0 Å². The van der Waals surface area contributed by atoms with Crippen LogP contribution in [-0.2, 0) is 0 Å². The average Bonchev–Trinajstić information content (AvgIpc) is 2.70. The maximum atomic E-state index is 12.0. The molecule has 0 heterocycles. The van der Waals surface area contributed by atoms with Gasteiger partial charge in [-0.2, -0.15) is 0 Å². The Kier molecular flexibility index (Phi) is 8.08. The summed E-state index contributed by atoms with van der Waals surface area (Å²) in [6.07, 6.45) is 0.411. The van der Waals surface area contributed by atoms with E-state index in [0.29, 0.717) is 25.8 Å². The second kappa shape index (κ2) is 10.5. The fourth-order valence-corrected chi connectivity index (χ4v) is 2.84. The lowest BCUT2D eigenvalue weighted by molar-refractivity contribution is 0.0946. The number of para-hydroxylation sites is 2. The highest BCUT2D eigenvalue weighted by atomic mass is 16.3. The third-order valence-corrected chi connectivity index (χ3v) is 4.48. The lowest BCUT2D eigenvalue weighted by Gasteiger charge is -2.22. The first-order chi connectivity index (χ1) is 13.8. The molecule has 2 aromatic carbocycles. The zero-order chi connectivity index (χ0) is 21.4. The molecule has 0 aliphatic rings. The van der Waals surface area contributed by atoms with Gasteiger partial charge in [-0.3, -0.25) is 10.1 Å². The Bertz CT molecular complexity index is 828. The van der Waals surface area contributed by atoms with Crippen molar-refractivity contribution in [3.8, 4) is 23.0 Å². The molecule has 8 N–H and O–H groups in total. The Morgan fingerprint density at radius 3 is 2.28 bits per heavy atom. The van der Waals surface area contributed by atoms with Crippen molar-refractivity contribution in [1.29, 1.82) is 0 Å². The summed E-state index contributed by atoms with van der Waals surface area (Å²) in [5, 5.41) is 63.5. The van der Waals surface area contributed by atoms with Crippen molar-refractivity contribution in [2.75, 3.05) is 13.2 Å². The minimum absolute atomic E-state index is 0.0195. The summed E-state index contributed by atoms with van der Waals surface area (Å²) in [5.74, 6) is -2.13. The minimum Gasteiger partial charge on any atom is -0.504 e. The van der Waals surface area contributed by atoms with Crippen LogP contribution in [0.5, 0.6) is 23.0 Å². The molecule has 1 amide bonds. The van der Waals surface area contributed by atoms with Gasteiger partial charge in [0.1, 0.15) is 6.23 Å². The standard InChI is InChI=1S/C20H26N2O7/c23-11-12(22-20(29)14-7-4-9-16(25)18(14)27)5-1-2-10-21-19(28)13-6-3-8-15(24)17(13)26/h3-4,6-9,12,20,22-27,29H,1-2,5,10-11H2,(H,21,28). The number of rotatable bonds is 10. The zero-order valence-electron chi connectivity index (χ0n) is 15.7. The van der Waals surface area contributed by atoms with Crippen LogP contribution in [0.15, 0.2) is 36.4 Å². The van der Waals surface area contributed by atoms with E-state index in [1.165, 1.54) is 36.4 Å². The van der Waals surface area contributed by atoms with E-state index in [1.807, 2.05) is 0 Å². The summed E-state index contributed by atoms with van der Waals surface area (Å²) in [6, 6.07) is 7.89. The van der Waals surface area contributed by atoms with Gasteiger partial charge in [-0.25, -0.2) is 0 Å². The second-order valence-corrected chi connectivity index (χ2v) is 6.59. The van der Waals surface area contributed by atoms with Gasteiger partial charge in [-0.15, -0.1) is 0 Å². The van der Waals surface area contributed by atoms with Gasteiger partial charge in [-0.1, -0.05) is 24.6 Å². The van der Waals surface area contributed by atoms with Gasteiger partial charge in [-0.05, 0) is 31.0 Å². The molecule has 0 spiro atoms. The first kappa shape index (κ1) is 22.3. The van der Waals surface area contributed by atoms with Gasteiger partial charge >= 0.3 is 0 Å². The topological polar surface area (TPSA) is 163 Å². The molecule has 2 unspecified atom stereocenters. The zero-order valence-corrected chi connectivity index (χ0v) is 15.7. The number of aliphatic hydroxyl groups is 2. The van der Waals surface area contributed by atoms with E-state index in [-0.39, 0.29) is 29.2 Å².